The van der Waals surface area contributed by atoms with Crippen LogP contribution in [0.1, 0.15) is 26.7 Å². The molecule has 0 aliphatic rings. The van der Waals surface area contributed by atoms with E-state index in [-0.39, 0.29) is 11.9 Å². The lowest BCUT2D eigenvalue weighted by molar-refractivity contribution is -0.121. The van der Waals surface area contributed by atoms with Crippen molar-refractivity contribution in [2.75, 3.05) is 0 Å². The lowest BCUT2D eigenvalue weighted by Gasteiger charge is -2.08. The molecule has 1 amide bonds. The predicted molar refractivity (Wildman–Crippen MR) is 103 cm³/mol. The fraction of sp³-hybridized carbons (Fsp3) is 0.300. The quantitative estimate of drug-likeness (QED) is 0.699. The first-order chi connectivity index (χ1) is 12.0. The normalized spacial score (nSPS) is 11.2. The highest BCUT2D eigenvalue weighted by Gasteiger charge is 2.13. The van der Waals surface area contributed by atoms with E-state index in [2.05, 4.69) is 5.32 Å². The minimum Gasteiger partial charge on any atom is -0.354 e. The van der Waals surface area contributed by atoms with E-state index in [1.54, 1.807) is 0 Å². The summed E-state index contributed by atoms with van der Waals surface area (Å²) in [6.45, 7) is 4.63. The summed E-state index contributed by atoms with van der Waals surface area (Å²) in [5.41, 5.74) is 3.02. The van der Waals surface area contributed by atoms with Crippen LogP contribution in [0.3, 0.4) is 0 Å². The van der Waals surface area contributed by atoms with Crippen LogP contribution in [0.2, 0.25) is 5.02 Å². The van der Waals surface area contributed by atoms with Crippen LogP contribution in [0, 0.1) is 0 Å². The van der Waals surface area contributed by atoms with E-state index < -0.39 is 0 Å². The molecule has 130 valence electrons. The van der Waals surface area contributed by atoms with Crippen molar-refractivity contribution in [3.05, 3.63) is 53.6 Å². The summed E-state index contributed by atoms with van der Waals surface area (Å²) in [4.78, 5) is 11.8. The van der Waals surface area contributed by atoms with Gasteiger partial charge in [0, 0.05) is 35.0 Å². The number of benzene rings is 2. The van der Waals surface area contributed by atoms with Gasteiger partial charge in [0.2, 0.25) is 5.91 Å². The molecule has 0 fully saturated rings. The Hall–Kier alpha value is -2.33. The number of nitrogens with zero attached hydrogens (tertiary/aromatic N) is 2. The number of amides is 1. The van der Waals surface area contributed by atoms with Crippen LogP contribution in [-0.2, 0) is 11.3 Å². The van der Waals surface area contributed by atoms with Gasteiger partial charge in [-0.3, -0.25) is 9.48 Å². The van der Waals surface area contributed by atoms with E-state index >= 15 is 0 Å². The number of carbonyl (C=O) groups excluding carboxylic acids is 1. The van der Waals surface area contributed by atoms with Crippen LogP contribution < -0.4 is 5.32 Å². The number of hydrogen-bond acceptors (Lipinski definition) is 2. The first-order valence-corrected chi connectivity index (χ1v) is 8.93. The summed E-state index contributed by atoms with van der Waals surface area (Å²) in [6.07, 6.45) is 1.24. The number of carbonyl (C=O) groups is 1. The maximum atomic E-state index is 11.8. The van der Waals surface area contributed by atoms with Crippen LogP contribution >= 0.6 is 11.6 Å². The summed E-state index contributed by atoms with van der Waals surface area (Å²) < 4.78 is 1.97. The molecule has 1 N–H and O–H groups in total. The number of aromatic nitrogens is 2. The molecular weight excluding hydrogens is 334 g/mol. The van der Waals surface area contributed by atoms with Crippen molar-refractivity contribution in [1.82, 2.24) is 15.1 Å². The first-order valence-electron chi connectivity index (χ1n) is 8.55. The lowest BCUT2D eigenvalue weighted by atomic mass is 10.1. The summed E-state index contributed by atoms with van der Waals surface area (Å²) >= 11 is 6.19. The second-order valence-corrected chi connectivity index (χ2v) is 6.86. The molecule has 0 saturated heterocycles. The van der Waals surface area contributed by atoms with Gasteiger partial charge in [-0.1, -0.05) is 41.9 Å². The highest BCUT2D eigenvalue weighted by atomic mass is 35.5. The molecule has 0 saturated carbocycles. The minimum atomic E-state index is 0.0813. The van der Waals surface area contributed by atoms with E-state index in [1.807, 2.05) is 67.1 Å². The fourth-order valence-corrected chi connectivity index (χ4v) is 3.09. The van der Waals surface area contributed by atoms with Crippen LogP contribution in [0.5, 0.6) is 0 Å². The maximum Gasteiger partial charge on any atom is 0.220 e. The maximum absolute atomic E-state index is 11.8. The third kappa shape index (κ3) is 4.20. The van der Waals surface area contributed by atoms with E-state index in [0.29, 0.717) is 18.0 Å². The molecular formula is C20H22ClN3O. The van der Waals surface area contributed by atoms with Gasteiger partial charge in [-0.15, -0.1) is 0 Å². The standard InChI is InChI=1S/C20H22ClN3O/c1-14(2)22-19(25)9-6-12-24-18-11-10-16(21)13-17(18)20(23-24)15-7-4-3-5-8-15/h3-5,7-8,10-11,13-14H,6,9,12H2,1-2H3,(H,22,25). The Morgan fingerprint density at radius 2 is 1.96 bits per heavy atom. The van der Waals surface area contributed by atoms with Crippen LogP contribution in [0.25, 0.3) is 22.2 Å². The van der Waals surface area contributed by atoms with E-state index in [9.17, 15) is 4.79 Å². The molecule has 0 unspecified atom stereocenters. The van der Waals surface area contributed by atoms with Gasteiger partial charge in [-0.25, -0.2) is 0 Å². The Morgan fingerprint density at radius 1 is 1.20 bits per heavy atom. The Morgan fingerprint density at radius 3 is 2.68 bits per heavy atom. The molecule has 0 radical (unpaired) electrons. The highest BCUT2D eigenvalue weighted by molar-refractivity contribution is 6.31. The first kappa shape index (κ1) is 17.5. The SMILES string of the molecule is CC(C)NC(=O)CCCn1nc(-c2ccccc2)c2cc(Cl)ccc21. The topological polar surface area (TPSA) is 46.9 Å². The largest absolute Gasteiger partial charge is 0.354 e. The average molecular weight is 356 g/mol. The summed E-state index contributed by atoms with van der Waals surface area (Å²) in [5, 5.41) is 9.43. The summed E-state index contributed by atoms with van der Waals surface area (Å²) in [5.74, 6) is 0.0813. The zero-order valence-electron chi connectivity index (χ0n) is 14.5. The zero-order chi connectivity index (χ0) is 17.8. The molecule has 0 bridgehead atoms. The molecule has 1 heterocycles. The molecule has 25 heavy (non-hydrogen) atoms. The molecule has 0 spiro atoms. The number of fused-ring (bicyclic) bond motifs is 1. The second kappa shape index (κ2) is 7.70. The van der Waals surface area contributed by atoms with Crippen molar-refractivity contribution in [2.45, 2.75) is 39.3 Å². The molecule has 5 heteroatoms. The second-order valence-electron chi connectivity index (χ2n) is 6.43. The van der Waals surface area contributed by atoms with Crippen LogP contribution in [0.15, 0.2) is 48.5 Å². The van der Waals surface area contributed by atoms with Crippen molar-refractivity contribution in [3.63, 3.8) is 0 Å². The number of aryl methyl sites for hydroxylation is 1. The Labute approximate surface area is 152 Å². The molecule has 3 rings (SSSR count). The molecule has 0 aliphatic heterocycles. The van der Waals surface area contributed by atoms with Gasteiger partial charge in [-0.05, 0) is 38.5 Å². The van der Waals surface area contributed by atoms with Crippen LogP contribution in [-0.4, -0.2) is 21.7 Å². The molecule has 3 aromatic rings. The zero-order valence-corrected chi connectivity index (χ0v) is 15.3. The van der Waals surface area contributed by atoms with Gasteiger partial charge in [-0.2, -0.15) is 5.10 Å². The summed E-state index contributed by atoms with van der Waals surface area (Å²) in [7, 11) is 0. The van der Waals surface area contributed by atoms with Gasteiger partial charge in [0.1, 0.15) is 5.69 Å². The number of nitrogens with one attached hydrogen (secondary N) is 1. The number of rotatable bonds is 6. The fourth-order valence-electron chi connectivity index (χ4n) is 2.91. The van der Waals surface area contributed by atoms with Crippen molar-refractivity contribution < 1.29 is 4.79 Å². The van der Waals surface area contributed by atoms with Crippen molar-refractivity contribution >= 4 is 28.4 Å². The third-order valence-corrected chi connectivity index (χ3v) is 4.22. The molecule has 2 aromatic carbocycles. The molecule has 0 atom stereocenters. The number of halogens is 1. The van der Waals surface area contributed by atoms with Gasteiger partial charge in [0.25, 0.3) is 0 Å². The predicted octanol–water partition coefficient (Wildman–Crippen LogP) is 4.66. The Bertz CT molecular complexity index is 871. The molecule has 1 aromatic heterocycles. The summed E-state index contributed by atoms with van der Waals surface area (Å²) in [6, 6.07) is 16.1. The molecule has 0 aliphatic carbocycles. The highest BCUT2D eigenvalue weighted by Crippen LogP contribution is 2.30. The van der Waals surface area contributed by atoms with Crippen molar-refractivity contribution in [3.8, 4) is 11.3 Å². The van der Waals surface area contributed by atoms with E-state index in [0.717, 1.165) is 28.6 Å². The third-order valence-electron chi connectivity index (χ3n) is 3.98. The van der Waals surface area contributed by atoms with Gasteiger partial charge in [0.05, 0.1) is 5.52 Å². The lowest BCUT2D eigenvalue weighted by Crippen LogP contribution is -2.30. The Kier molecular flexibility index (Phi) is 5.39. The van der Waals surface area contributed by atoms with Gasteiger partial charge >= 0.3 is 0 Å². The van der Waals surface area contributed by atoms with Crippen molar-refractivity contribution in [2.24, 2.45) is 0 Å². The van der Waals surface area contributed by atoms with E-state index in [4.69, 9.17) is 16.7 Å². The van der Waals surface area contributed by atoms with Crippen LogP contribution in [0.4, 0.5) is 0 Å². The van der Waals surface area contributed by atoms with Crippen molar-refractivity contribution in [1.29, 1.82) is 0 Å². The van der Waals surface area contributed by atoms with E-state index in [1.165, 1.54) is 0 Å². The van der Waals surface area contributed by atoms with Gasteiger partial charge in [0.15, 0.2) is 0 Å². The monoisotopic (exact) mass is 355 g/mol. The molecule has 4 nitrogen and oxygen atoms in total. The van der Waals surface area contributed by atoms with Gasteiger partial charge < -0.3 is 5.32 Å². The number of hydrogen-bond donors (Lipinski definition) is 1. The minimum absolute atomic E-state index is 0.0813. The average Bonchev–Trinajstić information content (AvgIpc) is 2.93. The Balaban J connectivity index is 1.85. The smallest absolute Gasteiger partial charge is 0.220 e.